The molecule has 1 atom stereocenters. The summed E-state index contributed by atoms with van der Waals surface area (Å²) in [5.41, 5.74) is 2.25. The van der Waals surface area contributed by atoms with E-state index >= 15 is 0 Å². The number of carbonyl (C=O) groups excluding carboxylic acids is 1. The van der Waals surface area contributed by atoms with Crippen LogP contribution in [-0.2, 0) is 13.1 Å². The van der Waals surface area contributed by atoms with E-state index < -0.39 is 0 Å². The number of amides is 1. The molecule has 1 amide bonds. The van der Waals surface area contributed by atoms with Gasteiger partial charge in [0.2, 0.25) is 0 Å². The molecule has 8 heteroatoms. The van der Waals surface area contributed by atoms with Crippen molar-refractivity contribution in [2.75, 3.05) is 6.54 Å². The quantitative estimate of drug-likeness (QED) is 0.655. The third-order valence-electron chi connectivity index (χ3n) is 5.00. The van der Waals surface area contributed by atoms with Crippen LogP contribution >= 0.6 is 0 Å². The number of hydrogen-bond donors (Lipinski definition) is 2. The zero-order chi connectivity index (χ0) is 19.2. The van der Waals surface area contributed by atoms with Crippen molar-refractivity contribution in [3.8, 4) is 5.69 Å². The standard InChI is InChI=1S/C20H25N7O/c28-20(19-15-26(25-24-19)11-9-17-6-4-5-10-21-17)22-12-16-13-23-27(14-16)18-7-2-1-3-8-18/h1-3,7-8,13-15,17,21H,4-6,9-12H2,(H,22,28)/t17-/m1/s1. The highest BCUT2D eigenvalue weighted by molar-refractivity contribution is 5.91. The number of carbonyl (C=O) groups is 1. The molecule has 1 fully saturated rings. The molecule has 0 unspecified atom stereocenters. The summed E-state index contributed by atoms with van der Waals surface area (Å²) in [6, 6.07) is 10.4. The van der Waals surface area contributed by atoms with E-state index in [1.54, 1.807) is 21.8 Å². The minimum atomic E-state index is -0.227. The molecule has 28 heavy (non-hydrogen) atoms. The second kappa shape index (κ2) is 8.79. The molecule has 1 aliphatic rings. The zero-order valence-corrected chi connectivity index (χ0v) is 15.8. The summed E-state index contributed by atoms with van der Waals surface area (Å²) in [4.78, 5) is 12.3. The Morgan fingerprint density at radius 2 is 2.11 bits per heavy atom. The van der Waals surface area contributed by atoms with Crippen molar-refractivity contribution in [3.05, 3.63) is 60.2 Å². The van der Waals surface area contributed by atoms with Crippen LogP contribution in [0.25, 0.3) is 5.69 Å². The van der Waals surface area contributed by atoms with E-state index in [2.05, 4.69) is 26.0 Å². The molecule has 0 spiro atoms. The molecule has 0 saturated carbocycles. The first-order chi connectivity index (χ1) is 13.8. The number of nitrogens with one attached hydrogen (secondary N) is 2. The Kier molecular flexibility index (Phi) is 5.77. The maximum Gasteiger partial charge on any atom is 0.273 e. The fraction of sp³-hybridized carbons (Fsp3) is 0.400. The molecule has 8 nitrogen and oxygen atoms in total. The Morgan fingerprint density at radius 3 is 2.93 bits per heavy atom. The zero-order valence-electron chi connectivity index (χ0n) is 15.8. The maximum absolute atomic E-state index is 12.3. The fourth-order valence-electron chi connectivity index (χ4n) is 3.42. The van der Waals surface area contributed by atoms with Gasteiger partial charge in [0.1, 0.15) is 0 Å². The molecule has 4 rings (SSSR count). The predicted molar refractivity (Wildman–Crippen MR) is 105 cm³/mol. The number of nitrogens with zero attached hydrogens (tertiary/aromatic N) is 5. The van der Waals surface area contributed by atoms with Gasteiger partial charge in [-0.25, -0.2) is 4.68 Å². The van der Waals surface area contributed by atoms with E-state index in [0.717, 1.165) is 30.8 Å². The van der Waals surface area contributed by atoms with Gasteiger partial charge < -0.3 is 10.6 Å². The summed E-state index contributed by atoms with van der Waals surface area (Å²) in [5, 5.41) is 18.8. The highest BCUT2D eigenvalue weighted by Gasteiger charge is 2.14. The van der Waals surface area contributed by atoms with Crippen molar-refractivity contribution in [1.82, 2.24) is 35.4 Å². The van der Waals surface area contributed by atoms with Gasteiger partial charge in [0.05, 0.1) is 18.1 Å². The van der Waals surface area contributed by atoms with Crippen LogP contribution in [0.1, 0.15) is 41.7 Å². The summed E-state index contributed by atoms with van der Waals surface area (Å²) in [7, 11) is 0. The van der Waals surface area contributed by atoms with E-state index in [9.17, 15) is 4.79 Å². The third kappa shape index (κ3) is 4.64. The molecular weight excluding hydrogens is 354 g/mol. The van der Waals surface area contributed by atoms with Crippen LogP contribution in [0.5, 0.6) is 0 Å². The first-order valence-electron chi connectivity index (χ1n) is 9.78. The minimum absolute atomic E-state index is 0.227. The fourth-order valence-corrected chi connectivity index (χ4v) is 3.42. The molecule has 2 N–H and O–H groups in total. The Bertz CT molecular complexity index is 896. The normalized spacial score (nSPS) is 16.8. The lowest BCUT2D eigenvalue weighted by atomic mass is 10.0. The van der Waals surface area contributed by atoms with Gasteiger partial charge in [-0.1, -0.05) is 29.8 Å². The van der Waals surface area contributed by atoms with E-state index in [1.807, 2.05) is 36.5 Å². The second-order valence-electron chi connectivity index (χ2n) is 7.11. The number of benzene rings is 1. The predicted octanol–water partition coefficient (Wildman–Crippen LogP) is 1.93. The van der Waals surface area contributed by atoms with Crippen molar-refractivity contribution in [2.45, 2.75) is 44.8 Å². The molecule has 3 aromatic rings. The van der Waals surface area contributed by atoms with Crippen LogP contribution in [0.4, 0.5) is 0 Å². The maximum atomic E-state index is 12.3. The van der Waals surface area contributed by atoms with Gasteiger partial charge in [0, 0.05) is 30.9 Å². The SMILES string of the molecule is O=C(NCc1cnn(-c2ccccc2)c1)c1cn(CC[C@H]2CCCCN2)nn1. The lowest BCUT2D eigenvalue weighted by molar-refractivity contribution is 0.0946. The smallest absolute Gasteiger partial charge is 0.273 e. The molecule has 1 aromatic carbocycles. The van der Waals surface area contributed by atoms with E-state index in [0.29, 0.717) is 18.3 Å². The average molecular weight is 379 g/mol. The van der Waals surface area contributed by atoms with Crippen LogP contribution in [0.3, 0.4) is 0 Å². The second-order valence-corrected chi connectivity index (χ2v) is 7.11. The van der Waals surface area contributed by atoms with Crippen molar-refractivity contribution in [2.24, 2.45) is 0 Å². The molecular formula is C20H25N7O. The largest absolute Gasteiger partial charge is 0.346 e. The summed E-state index contributed by atoms with van der Waals surface area (Å²) >= 11 is 0. The van der Waals surface area contributed by atoms with Crippen molar-refractivity contribution >= 4 is 5.91 Å². The molecule has 0 aliphatic carbocycles. The lowest BCUT2D eigenvalue weighted by Gasteiger charge is -2.23. The van der Waals surface area contributed by atoms with Gasteiger partial charge in [-0.05, 0) is 37.9 Å². The first kappa shape index (κ1) is 18.4. The highest BCUT2D eigenvalue weighted by atomic mass is 16.2. The van der Waals surface area contributed by atoms with Gasteiger partial charge in [0.15, 0.2) is 5.69 Å². The minimum Gasteiger partial charge on any atom is -0.346 e. The van der Waals surface area contributed by atoms with Gasteiger partial charge in [-0.2, -0.15) is 5.10 Å². The van der Waals surface area contributed by atoms with Gasteiger partial charge in [-0.15, -0.1) is 5.10 Å². The number of aromatic nitrogens is 5. The molecule has 1 saturated heterocycles. The van der Waals surface area contributed by atoms with Crippen molar-refractivity contribution in [3.63, 3.8) is 0 Å². The van der Waals surface area contributed by atoms with Crippen molar-refractivity contribution < 1.29 is 4.79 Å². The number of piperidine rings is 1. The van der Waals surface area contributed by atoms with E-state index in [-0.39, 0.29) is 5.91 Å². The Labute approximate surface area is 163 Å². The van der Waals surface area contributed by atoms with Gasteiger partial charge >= 0.3 is 0 Å². The van der Waals surface area contributed by atoms with Crippen LogP contribution in [-0.4, -0.2) is 43.3 Å². The Balaban J connectivity index is 1.27. The number of para-hydroxylation sites is 1. The number of aryl methyl sites for hydroxylation is 1. The highest BCUT2D eigenvalue weighted by Crippen LogP contribution is 2.11. The van der Waals surface area contributed by atoms with Crippen LogP contribution in [0, 0.1) is 0 Å². The van der Waals surface area contributed by atoms with Crippen LogP contribution < -0.4 is 10.6 Å². The average Bonchev–Trinajstić information content (AvgIpc) is 3.42. The van der Waals surface area contributed by atoms with Crippen molar-refractivity contribution in [1.29, 1.82) is 0 Å². The molecule has 0 bridgehead atoms. The third-order valence-corrected chi connectivity index (χ3v) is 5.00. The summed E-state index contributed by atoms with van der Waals surface area (Å²) in [6.45, 7) is 2.25. The van der Waals surface area contributed by atoms with Gasteiger partial charge in [0.25, 0.3) is 5.91 Å². The monoisotopic (exact) mass is 379 g/mol. The lowest BCUT2D eigenvalue weighted by Crippen LogP contribution is -2.34. The van der Waals surface area contributed by atoms with E-state index in [1.165, 1.54) is 19.3 Å². The summed E-state index contributed by atoms with van der Waals surface area (Å²) in [6.07, 6.45) is 10.1. The summed E-state index contributed by atoms with van der Waals surface area (Å²) < 4.78 is 3.54. The molecule has 2 aromatic heterocycles. The van der Waals surface area contributed by atoms with Crippen LogP contribution in [0.2, 0.25) is 0 Å². The number of hydrogen-bond acceptors (Lipinski definition) is 5. The van der Waals surface area contributed by atoms with Gasteiger partial charge in [-0.3, -0.25) is 9.48 Å². The molecule has 1 aliphatic heterocycles. The summed E-state index contributed by atoms with van der Waals surface area (Å²) in [5.74, 6) is -0.227. The first-order valence-corrected chi connectivity index (χ1v) is 9.78. The Hall–Kier alpha value is -3.00. The molecule has 3 heterocycles. The Morgan fingerprint density at radius 1 is 1.21 bits per heavy atom. The van der Waals surface area contributed by atoms with E-state index in [4.69, 9.17) is 0 Å². The van der Waals surface area contributed by atoms with Crippen LogP contribution in [0.15, 0.2) is 48.9 Å². The topological polar surface area (TPSA) is 89.7 Å². The molecule has 146 valence electrons. The molecule has 0 radical (unpaired) electrons. The number of rotatable bonds is 7.